The van der Waals surface area contributed by atoms with Crippen molar-refractivity contribution in [2.45, 2.75) is 32.9 Å². The summed E-state index contributed by atoms with van der Waals surface area (Å²) in [7, 11) is 0. The minimum Gasteiger partial charge on any atom is -0.311 e. The third kappa shape index (κ3) is 4.85. The second-order valence-electron chi connectivity index (χ2n) is 6.54. The zero-order valence-electron chi connectivity index (χ0n) is 13.1. The molecule has 0 saturated carbocycles. The van der Waals surface area contributed by atoms with Crippen LogP contribution in [0.4, 0.5) is 0 Å². The van der Waals surface area contributed by atoms with Gasteiger partial charge in [0.15, 0.2) is 0 Å². The molecule has 0 spiro atoms. The monoisotopic (exact) mass is 276 g/mol. The lowest BCUT2D eigenvalue weighted by molar-refractivity contribution is 0.0628. The molecule has 0 bridgehead atoms. The second-order valence-corrected chi connectivity index (χ2v) is 6.54. The van der Waals surface area contributed by atoms with Crippen molar-refractivity contribution < 1.29 is 0 Å². The summed E-state index contributed by atoms with van der Waals surface area (Å²) < 4.78 is 0. The third-order valence-electron chi connectivity index (χ3n) is 3.98. The minimum atomic E-state index is 0.310. The fourth-order valence-corrected chi connectivity index (χ4v) is 2.61. The molecule has 4 nitrogen and oxygen atoms in total. The maximum absolute atomic E-state index is 4.13. The molecule has 2 heterocycles. The van der Waals surface area contributed by atoms with Crippen LogP contribution < -0.4 is 5.32 Å². The molecule has 0 amide bonds. The van der Waals surface area contributed by atoms with Crippen LogP contribution in [0.2, 0.25) is 0 Å². The van der Waals surface area contributed by atoms with Crippen molar-refractivity contribution in [2.24, 2.45) is 0 Å². The Balaban J connectivity index is 1.60. The van der Waals surface area contributed by atoms with E-state index in [1.165, 1.54) is 31.7 Å². The molecule has 0 aliphatic carbocycles. The smallest absolute Gasteiger partial charge is 0.0312 e. The highest BCUT2D eigenvalue weighted by atomic mass is 15.3. The molecule has 1 aromatic heterocycles. The van der Waals surface area contributed by atoms with Crippen molar-refractivity contribution in [1.82, 2.24) is 20.1 Å². The maximum Gasteiger partial charge on any atom is 0.0312 e. The number of rotatable bonds is 5. The van der Waals surface area contributed by atoms with Crippen LogP contribution in [-0.2, 0) is 6.54 Å². The first-order valence-electron chi connectivity index (χ1n) is 7.63. The van der Waals surface area contributed by atoms with Crippen LogP contribution >= 0.6 is 0 Å². The lowest BCUT2D eigenvalue weighted by Crippen LogP contribution is -2.54. The average Bonchev–Trinajstić information content (AvgIpc) is 2.44. The fourth-order valence-electron chi connectivity index (χ4n) is 2.61. The van der Waals surface area contributed by atoms with Crippen LogP contribution in [0.25, 0.3) is 0 Å². The maximum atomic E-state index is 4.13. The van der Waals surface area contributed by atoms with E-state index >= 15 is 0 Å². The third-order valence-corrected chi connectivity index (χ3v) is 3.98. The van der Waals surface area contributed by atoms with Crippen LogP contribution in [-0.4, -0.2) is 59.6 Å². The predicted octanol–water partition coefficient (Wildman–Crippen LogP) is 1.59. The molecule has 2 rings (SSSR count). The number of piperazine rings is 1. The Labute approximate surface area is 123 Å². The summed E-state index contributed by atoms with van der Waals surface area (Å²) in [6.07, 6.45) is 3.74. The molecule has 1 saturated heterocycles. The van der Waals surface area contributed by atoms with E-state index in [0.717, 1.165) is 19.6 Å². The summed E-state index contributed by atoms with van der Waals surface area (Å²) in [5, 5.41) is 3.50. The average molecular weight is 276 g/mol. The van der Waals surface area contributed by atoms with Gasteiger partial charge >= 0.3 is 0 Å². The van der Waals surface area contributed by atoms with Gasteiger partial charge in [0.1, 0.15) is 0 Å². The highest BCUT2D eigenvalue weighted by Gasteiger charge is 2.25. The Bertz CT molecular complexity index is 377. The quantitative estimate of drug-likeness (QED) is 0.828. The van der Waals surface area contributed by atoms with Crippen molar-refractivity contribution in [3.63, 3.8) is 0 Å². The Morgan fingerprint density at radius 2 is 1.95 bits per heavy atom. The van der Waals surface area contributed by atoms with Crippen molar-refractivity contribution >= 4 is 0 Å². The van der Waals surface area contributed by atoms with E-state index in [1.54, 1.807) is 0 Å². The molecule has 0 atom stereocenters. The summed E-state index contributed by atoms with van der Waals surface area (Å²) in [5.74, 6) is 0. The summed E-state index contributed by atoms with van der Waals surface area (Å²) in [5.41, 5.74) is 1.56. The Morgan fingerprint density at radius 3 is 2.55 bits per heavy atom. The number of nitrogens with zero attached hydrogens (tertiary/aromatic N) is 3. The Kier molecular flexibility index (Phi) is 5.52. The summed E-state index contributed by atoms with van der Waals surface area (Å²) in [4.78, 5) is 9.26. The topological polar surface area (TPSA) is 31.4 Å². The summed E-state index contributed by atoms with van der Waals surface area (Å²) in [6.45, 7) is 14.8. The fraction of sp³-hybridized carbons (Fsp3) is 0.688. The predicted molar refractivity (Wildman–Crippen MR) is 83.7 cm³/mol. The van der Waals surface area contributed by atoms with Crippen molar-refractivity contribution in [3.8, 4) is 0 Å². The largest absolute Gasteiger partial charge is 0.311 e. The van der Waals surface area contributed by atoms with Gasteiger partial charge in [-0.15, -0.1) is 0 Å². The van der Waals surface area contributed by atoms with Gasteiger partial charge in [0.25, 0.3) is 0 Å². The molecule has 1 N–H and O–H groups in total. The van der Waals surface area contributed by atoms with Crippen LogP contribution in [0.3, 0.4) is 0 Å². The molecule has 0 aromatic carbocycles. The van der Waals surface area contributed by atoms with Gasteiger partial charge in [0, 0.05) is 63.7 Å². The molecule has 0 radical (unpaired) electrons. The molecule has 0 unspecified atom stereocenters. The minimum absolute atomic E-state index is 0.310. The number of nitrogens with one attached hydrogen (secondary N) is 1. The number of aromatic nitrogens is 1. The van der Waals surface area contributed by atoms with Gasteiger partial charge < -0.3 is 5.32 Å². The van der Waals surface area contributed by atoms with Gasteiger partial charge in [-0.2, -0.15) is 0 Å². The first-order chi connectivity index (χ1) is 9.55. The molecule has 1 aliphatic rings. The van der Waals surface area contributed by atoms with Crippen LogP contribution in [0.15, 0.2) is 24.5 Å². The molecular weight excluding hydrogens is 248 g/mol. The molecule has 4 heteroatoms. The van der Waals surface area contributed by atoms with Crippen molar-refractivity contribution in [1.29, 1.82) is 0 Å². The van der Waals surface area contributed by atoms with Gasteiger partial charge in [0.2, 0.25) is 0 Å². The molecular formula is C16H28N4. The zero-order chi connectivity index (χ0) is 14.4. The van der Waals surface area contributed by atoms with Crippen molar-refractivity contribution in [2.75, 3.05) is 39.3 Å². The van der Waals surface area contributed by atoms with Crippen molar-refractivity contribution in [3.05, 3.63) is 30.1 Å². The first-order valence-corrected chi connectivity index (χ1v) is 7.63. The van der Waals surface area contributed by atoms with Gasteiger partial charge in [-0.3, -0.25) is 14.8 Å². The Morgan fingerprint density at radius 1 is 1.20 bits per heavy atom. The van der Waals surface area contributed by atoms with E-state index in [1.807, 2.05) is 18.5 Å². The first kappa shape index (κ1) is 15.4. The molecule has 20 heavy (non-hydrogen) atoms. The molecule has 1 aliphatic heterocycles. The van der Waals surface area contributed by atoms with Crippen LogP contribution in [0, 0.1) is 0 Å². The molecule has 112 valence electrons. The highest BCUT2D eigenvalue weighted by Crippen LogP contribution is 2.15. The van der Waals surface area contributed by atoms with Gasteiger partial charge in [-0.05, 0) is 32.4 Å². The lowest BCUT2D eigenvalue weighted by atomic mass is 10.1. The van der Waals surface area contributed by atoms with E-state index in [-0.39, 0.29) is 0 Å². The summed E-state index contributed by atoms with van der Waals surface area (Å²) >= 11 is 0. The second kappa shape index (κ2) is 7.16. The van der Waals surface area contributed by atoms with Crippen LogP contribution in [0.5, 0.6) is 0 Å². The van der Waals surface area contributed by atoms with E-state index in [4.69, 9.17) is 0 Å². The normalized spacial score (nSPS) is 18.4. The standard InChI is InChI=1S/C16H28N4/c1-16(2,3)20-11-9-19(10-12-20)8-7-18-14-15-5-4-6-17-13-15/h4-6,13,18H,7-12,14H2,1-3H3. The SMILES string of the molecule is CC(C)(C)N1CCN(CCNCc2cccnc2)CC1. The number of hydrogen-bond donors (Lipinski definition) is 1. The lowest BCUT2D eigenvalue weighted by Gasteiger charge is -2.42. The number of pyridine rings is 1. The van der Waals surface area contributed by atoms with E-state index in [2.05, 4.69) is 46.9 Å². The van der Waals surface area contributed by atoms with Gasteiger partial charge in [0.05, 0.1) is 0 Å². The van der Waals surface area contributed by atoms with Crippen LogP contribution in [0.1, 0.15) is 26.3 Å². The number of hydrogen-bond acceptors (Lipinski definition) is 4. The van der Waals surface area contributed by atoms with E-state index in [0.29, 0.717) is 5.54 Å². The van der Waals surface area contributed by atoms with E-state index < -0.39 is 0 Å². The van der Waals surface area contributed by atoms with Gasteiger partial charge in [-0.25, -0.2) is 0 Å². The summed E-state index contributed by atoms with van der Waals surface area (Å²) in [6, 6.07) is 4.10. The highest BCUT2D eigenvalue weighted by molar-refractivity contribution is 5.07. The Hall–Kier alpha value is -0.970. The van der Waals surface area contributed by atoms with E-state index in [9.17, 15) is 0 Å². The molecule has 1 fully saturated rings. The zero-order valence-corrected chi connectivity index (χ0v) is 13.1. The molecule has 1 aromatic rings. The van der Waals surface area contributed by atoms with Gasteiger partial charge in [-0.1, -0.05) is 6.07 Å².